The minimum atomic E-state index is -0.770. The molecule has 0 fully saturated rings. The molecule has 0 saturated heterocycles. The third-order valence-electron chi connectivity index (χ3n) is 3.33. The number of aryl methyl sites for hydroxylation is 1. The van der Waals surface area contributed by atoms with Crippen molar-refractivity contribution in [2.24, 2.45) is 5.92 Å². The van der Waals surface area contributed by atoms with Gasteiger partial charge in [-0.15, -0.1) is 11.3 Å². The molecule has 0 aromatic carbocycles. The molecule has 1 aromatic rings. The number of aromatic nitrogens is 1. The Morgan fingerprint density at radius 1 is 1.38 bits per heavy atom. The number of hydrogen-bond acceptors (Lipinski definition) is 4. The van der Waals surface area contributed by atoms with Crippen LogP contribution in [0.5, 0.6) is 0 Å². The number of aliphatic carboxylic acids is 1. The van der Waals surface area contributed by atoms with Crippen LogP contribution in [0.1, 0.15) is 43.7 Å². The molecule has 7 heteroatoms. The minimum absolute atomic E-state index is 0.0218. The Morgan fingerprint density at radius 2 is 2.10 bits per heavy atom. The maximum absolute atomic E-state index is 11.7. The van der Waals surface area contributed by atoms with Crippen LogP contribution in [-0.4, -0.2) is 28.1 Å². The van der Waals surface area contributed by atoms with Crippen LogP contribution in [0.25, 0.3) is 0 Å². The Labute approximate surface area is 129 Å². The lowest BCUT2D eigenvalue weighted by atomic mass is 10.0. The molecular formula is C14H23N3O3S. The second-order valence-electron chi connectivity index (χ2n) is 5.26. The van der Waals surface area contributed by atoms with Crippen LogP contribution in [0.15, 0.2) is 5.51 Å². The van der Waals surface area contributed by atoms with Gasteiger partial charge in [0.2, 0.25) is 0 Å². The predicted molar refractivity (Wildman–Crippen MR) is 82.3 cm³/mol. The topological polar surface area (TPSA) is 91.3 Å². The van der Waals surface area contributed by atoms with Crippen molar-refractivity contribution in [3.8, 4) is 0 Å². The summed E-state index contributed by atoms with van der Waals surface area (Å²) in [6.07, 6.45) is 2.18. The van der Waals surface area contributed by atoms with E-state index in [1.54, 1.807) is 12.4 Å². The Bertz CT molecular complexity index is 476. The summed E-state index contributed by atoms with van der Waals surface area (Å²) >= 11 is 1.52. The van der Waals surface area contributed by atoms with E-state index in [1.165, 1.54) is 11.3 Å². The third-order valence-corrected chi connectivity index (χ3v) is 4.26. The average molecular weight is 313 g/mol. The SMILES string of the molecule is Cc1ncsc1CNC(=O)NC(C)CCCC(C)C(=O)O. The van der Waals surface area contributed by atoms with Crippen molar-refractivity contribution in [3.05, 3.63) is 16.1 Å². The molecule has 2 atom stereocenters. The number of nitrogens with one attached hydrogen (secondary N) is 2. The zero-order chi connectivity index (χ0) is 15.8. The molecule has 2 amide bonds. The fourth-order valence-electron chi connectivity index (χ4n) is 1.86. The second-order valence-corrected chi connectivity index (χ2v) is 6.20. The van der Waals surface area contributed by atoms with E-state index in [0.29, 0.717) is 13.0 Å². The first-order chi connectivity index (χ1) is 9.90. The van der Waals surface area contributed by atoms with E-state index >= 15 is 0 Å². The smallest absolute Gasteiger partial charge is 0.315 e. The Hall–Kier alpha value is -1.63. The number of rotatable bonds is 8. The highest BCUT2D eigenvalue weighted by molar-refractivity contribution is 7.09. The van der Waals surface area contributed by atoms with E-state index in [9.17, 15) is 9.59 Å². The van der Waals surface area contributed by atoms with Gasteiger partial charge in [-0.1, -0.05) is 13.3 Å². The number of urea groups is 1. The van der Waals surface area contributed by atoms with Crippen molar-refractivity contribution >= 4 is 23.3 Å². The summed E-state index contributed by atoms with van der Waals surface area (Å²) in [6, 6.07) is -0.185. The van der Waals surface area contributed by atoms with Crippen LogP contribution >= 0.6 is 11.3 Å². The van der Waals surface area contributed by atoms with Gasteiger partial charge in [-0.05, 0) is 26.7 Å². The summed E-state index contributed by atoms with van der Waals surface area (Å²) in [4.78, 5) is 27.6. The van der Waals surface area contributed by atoms with Gasteiger partial charge >= 0.3 is 12.0 Å². The first-order valence-corrected chi connectivity index (χ1v) is 7.94. The van der Waals surface area contributed by atoms with E-state index in [2.05, 4.69) is 15.6 Å². The fourth-order valence-corrected chi connectivity index (χ4v) is 2.57. The van der Waals surface area contributed by atoms with Crippen molar-refractivity contribution in [1.82, 2.24) is 15.6 Å². The highest BCUT2D eigenvalue weighted by Crippen LogP contribution is 2.11. The van der Waals surface area contributed by atoms with Crippen molar-refractivity contribution in [2.45, 2.75) is 52.6 Å². The maximum Gasteiger partial charge on any atom is 0.315 e. The van der Waals surface area contributed by atoms with E-state index in [1.807, 2.05) is 13.8 Å². The molecule has 2 unspecified atom stereocenters. The van der Waals surface area contributed by atoms with Crippen molar-refractivity contribution in [1.29, 1.82) is 0 Å². The van der Waals surface area contributed by atoms with E-state index in [4.69, 9.17) is 5.11 Å². The van der Waals surface area contributed by atoms with E-state index in [0.717, 1.165) is 23.4 Å². The Balaban J connectivity index is 2.19. The number of carboxylic acid groups (broad SMARTS) is 1. The number of carbonyl (C=O) groups excluding carboxylic acids is 1. The quantitative estimate of drug-likeness (QED) is 0.688. The van der Waals surface area contributed by atoms with Gasteiger partial charge in [-0.25, -0.2) is 9.78 Å². The summed E-state index contributed by atoms with van der Waals surface area (Å²) in [6.45, 7) is 6.01. The van der Waals surface area contributed by atoms with Crippen molar-refractivity contribution in [2.75, 3.05) is 0 Å². The molecule has 0 saturated carbocycles. The van der Waals surface area contributed by atoms with Gasteiger partial charge in [0.05, 0.1) is 23.7 Å². The standard InChI is InChI=1S/C14H23N3O3S/c1-9(13(18)19)5-4-6-10(2)17-14(20)15-7-12-11(3)16-8-21-12/h8-10H,4-7H2,1-3H3,(H,18,19)(H2,15,17,20). The fraction of sp³-hybridized carbons (Fsp3) is 0.643. The monoisotopic (exact) mass is 313 g/mol. The molecule has 0 radical (unpaired) electrons. The Kier molecular flexibility index (Phi) is 7.14. The second kappa shape index (κ2) is 8.61. The predicted octanol–water partition coefficient (Wildman–Crippen LogP) is 2.53. The van der Waals surface area contributed by atoms with Crippen molar-refractivity contribution in [3.63, 3.8) is 0 Å². The molecule has 21 heavy (non-hydrogen) atoms. The molecule has 3 N–H and O–H groups in total. The molecule has 1 rings (SSSR count). The van der Waals surface area contributed by atoms with Crippen LogP contribution in [-0.2, 0) is 11.3 Å². The van der Waals surface area contributed by atoms with Gasteiger partial charge in [-0.3, -0.25) is 4.79 Å². The molecule has 0 aliphatic heterocycles. The van der Waals surface area contributed by atoms with Gasteiger partial charge in [0.1, 0.15) is 0 Å². The zero-order valence-electron chi connectivity index (χ0n) is 12.7. The molecule has 0 aliphatic carbocycles. The molecule has 0 aliphatic rings. The lowest BCUT2D eigenvalue weighted by Gasteiger charge is -2.15. The van der Waals surface area contributed by atoms with Crippen molar-refractivity contribution < 1.29 is 14.7 Å². The van der Waals surface area contributed by atoms with Crippen LogP contribution in [0.4, 0.5) is 4.79 Å². The number of carboxylic acids is 1. The van der Waals surface area contributed by atoms with E-state index < -0.39 is 5.97 Å². The lowest BCUT2D eigenvalue weighted by molar-refractivity contribution is -0.141. The first-order valence-electron chi connectivity index (χ1n) is 7.06. The van der Waals surface area contributed by atoms with E-state index in [-0.39, 0.29) is 18.0 Å². The summed E-state index contributed by atoms with van der Waals surface area (Å²) in [7, 11) is 0. The number of thiazole rings is 1. The number of nitrogens with zero attached hydrogens (tertiary/aromatic N) is 1. The third kappa shape index (κ3) is 6.57. The van der Waals surface area contributed by atoms with Gasteiger partial charge in [-0.2, -0.15) is 0 Å². The molecule has 1 heterocycles. The van der Waals surface area contributed by atoms with Gasteiger partial charge in [0.25, 0.3) is 0 Å². The summed E-state index contributed by atoms with van der Waals surface area (Å²) in [5.41, 5.74) is 2.70. The molecule has 118 valence electrons. The minimum Gasteiger partial charge on any atom is -0.481 e. The maximum atomic E-state index is 11.7. The average Bonchev–Trinajstić information content (AvgIpc) is 2.81. The molecule has 0 spiro atoms. The van der Waals surface area contributed by atoms with Gasteiger partial charge in [0.15, 0.2) is 0 Å². The molecule has 6 nitrogen and oxygen atoms in total. The highest BCUT2D eigenvalue weighted by atomic mass is 32.1. The number of hydrogen-bond donors (Lipinski definition) is 3. The first kappa shape index (κ1) is 17.4. The van der Waals surface area contributed by atoms with Gasteiger partial charge < -0.3 is 15.7 Å². The molecule has 1 aromatic heterocycles. The summed E-state index contributed by atoms with van der Waals surface area (Å²) in [5.74, 6) is -1.10. The number of carbonyl (C=O) groups is 2. The van der Waals surface area contributed by atoms with Crippen LogP contribution in [0, 0.1) is 12.8 Å². The van der Waals surface area contributed by atoms with Crippen LogP contribution < -0.4 is 10.6 Å². The molecule has 0 bridgehead atoms. The normalized spacial score (nSPS) is 13.5. The van der Waals surface area contributed by atoms with Gasteiger partial charge in [0, 0.05) is 10.9 Å². The largest absolute Gasteiger partial charge is 0.481 e. The van der Waals surface area contributed by atoms with Crippen LogP contribution in [0.2, 0.25) is 0 Å². The lowest BCUT2D eigenvalue weighted by Crippen LogP contribution is -2.40. The molecular weight excluding hydrogens is 290 g/mol. The Morgan fingerprint density at radius 3 is 2.67 bits per heavy atom. The van der Waals surface area contributed by atoms with Crippen LogP contribution in [0.3, 0.4) is 0 Å². The number of amides is 2. The zero-order valence-corrected chi connectivity index (χ0v) is 13.5. The summed E-state index contributed by atoms with van der Waals surface area (Å²) in [5, 5.41) is 14.4. The highest BCUT2D eigenvalue weighted by Gasteiger charge is 2.12. The summed E-state index contributed by atoms with van der Waals surface area (Å²) < 4.78 is 0.